The quantitative estimate of drug-likeness (QED) is 0.334. The zero-order valence-corrected chi connectivity index (χ0v) is 14.9. The van der Waals surface area contributed by atoms with Crippen molar-refractivity contribution in [2.75, 3.05) is 5.73 Å². The van der Waals surface area contributed by atoms with Gasteiger partial charge in [-0.2, -0.15) is 0 Å². The maximum Gasteiger partial charge on any atom is 0.302 e. The van der Waals surface area contributed by atoms with E-state index in [1.807, 2.05) is 48.5 Å². The maximum atomic E-state index is 11.3. The largest absolute Gasteiger partial charge is 0.461 e. The Balaban J connectivity index is 2.06. The molecule has 4 N–H and O–H groups in total. The molecule has 134 valence electrons. The predicted octanol–water partition coefficient (Wildman–Crippen LogP) is 2.51. The van der Waals surface area contributed by atoms with E-state index in [0.717, 1.165) is 27.6 Å². The van der Waals surface area contributed by atoms with Crippen LogP contribution in [0, 0.1) is 0 Å². The number of carbonyl (C=O) groups is 1. The van der Waals surface area contributed by atoms with Crippen LogP contribution in [0.2, 0.25) is 0 Å². The number of esters is 1. The van der Waals surface area contributed by atoms with Gasteiger partial charge < -0.3 is 14.9 Å². The lowest BCUT2D eigenvalue weighted by atomic mass is 9.91. The number of rotatable bonds is 3. The third-order valence-electron chi connectivity index (χ3n) is 4.49. The van der Waals surface area contributed by atoms with E-state index in [2.05, 4.69) is 0 Å². The van der Waals surface area contributed by atoms with Gasteiger partial charge in [0.2, 0.25) is 0 Å². The van der Waals surface area contributed by atoms with Crippen molar-refractivity contribution in [2.24, 2.45) is 0 Å². The van der Waals surface area contributed by atoms with E-state index < -0.39 is 0 Å². The summed E-state index contributed by atoms with van der Waals surface area (Å²) in [5, 5.41) is 7.50. The van der Waals surface area contributed by atoms with Crippen LogP contribution in [0.5, 0.6) is 0 Å². The number of nitrogens with two attached hydrogens (primary N) is 2. The number of nitrogen functional groups attached to an aromatic ring is 1. The van der Waals surface area contributed by atoms with Crippen LogP contribution in [0.25, 0.3) is 33.4 Å². The second-order valence-electron chi connectivity index (χ2n) is 6.43. The second kappa shape index (κ2) is 6.61. The molecule has 0 radical (unpaired) electrons. The maximum absolute atomic E-state index is 11.3. The third-order valence-corrected chi connectivity index (χ3v) is 4.49. The van der Waals surface area contributed by atoms with E-state index in [0.29, 0.717) is 22.4 Å². The molecule has 0 spiro atoms. The Bertz CT molecular complexity index is 1190. The molecule has 1 aliphatic heterocycles. The van der Waals surface area contributed by atoms with Crippen molar-refractivity contribution in [1.82, 2.24) is 0 Å². The number of benzene rings is 3. The van der Waals surface area contributed by atoms with Crippen molar-refractivity contribution >= 4 is 22.6 Å². The molecular formula is C22H19N2O3+. The average Bonchev–Trinajstić information content (AvgIpc) is 2.64. The molecule has 5 nitrogen and oxygen atoms in total. The smallest absolute Gasteiger partial charge is 0.302 e. The van der Waals surface area contributed by atoms with Crippen LogP contribution in [0.15, 0.2) is 65.1 Å². The lowest BCUT2D eigenvalue weighted by Crippen LogP contribution is -2.44. The van der Waals surface area contributed by atoms with Gasteiger partial charge in [-0.3, -0.25) is 10.2 Å². The standard InChI is InChI=1S/C22H18N2O3/c1-13(25)26-12-14-4-2-3-5-17(14)22-18-8-6-15(23)10-20(18)27-21-11-16(24)7-9-19(21)22/h2-11,23H,12,24H2,1H3/p+1. The number of fused-ring (bicyclic) bond motifs is 2. The number of hydrogen-bond acceptors (Lipinski definition) is 4. The van der Waals surface area contributed by atoms with Crippen molar-refractivity contribution in [1.29, 1.82) is 0 Å². The van der Waals surface area contributed by atoms with Gasteiger partial charge in [0.05, 0.1) is 6.07 Å². The van der Waals surface area contributed by atoms with Crippen molar-refractivity contribution in [3.05, 3.63) is 71.6 Å². The molecule has 0 fully saturated rings. The Labute approximate surface area is 155 Å². The van der Waals surface area contributed by atoms with Gasteiger partial charge in [-0.05, 0) is 29.3 Å². The van der Waals surface area contributed by atoms with E-state index in [1.165, 1.54) is 6.92 Å². The van der Waals surface area contributed by atoms with Gasteiger partial charge in [-0.15, -0.1) is 0 Å². The summed E-state index contributed by atoms with van der Waals surface area (Å²) in [5.74, 6) is 0.355. The zero-order chi connectivity index (χ0) is 19.0. The van der Waals surface area contributed by atoms with E-state index in [-0.39, 0.29) is 12.6 Å². The predicted molar refractivity (Wildman–Crippen MR) is 103 cm³/mol. The molecule has 0 amide bonds. The minimum absolute atomic E-state index is 0.199. The second-order valence-corrected chi connectivity index (χ2v) is 6.43. The summed E-state index contributed by atoms with van der Waals surface area (Å²) in [6.45, 7) is 1.60. The van der Waals surface area contributed by atoms with Crippen LogP contribution in [0.3, 0.4) is 0 Å². The highest BCUT2D eigenvalue weighted by molar-refractivity contribution is 6.03. The Morgan fingerprint density at radius 2 is 1.89 bits per heavy atom. The Hall–Kier alpha value is -3.60. The van der Waals surface area contributed by atoms with Crippen molar-refractivity contribution in [3.63, 3.8) is 0 Å². The summed E-state index contributed by atoms with van der Waals surface area (Å²) in [7, 11) is 0. The Morgan fingerprint density at radius 3 is 2.70 bits per heavy atom. The van der Waals surface area contributed by atoms with Crippen molar-refractivity contribution < 1.29 is 19.4 Å². The van der Waals surface area contributed by atoms with Crippen LogP contribution < -0.4 is 16.5 Å². The summed E-state index contributed by atoms with van der Waals surface area (Å²) in [4.78, 5) is 11.3. The molecular weight excluding hydrogens is 340 g/mol. The van der Waals surface area contributed by atoms with Crippen molar-refractivity contribution in [3.8, 4) is 22.5 Å². The normalized spacial score (nSPS) is 11.0. The molecule has 0 bridgehead atoms. The zero-order valence-electron chi connectivity index (χ0n) is 14.9. The first-order chi connectivity index (χ1) is 13.0. The summed E-state index contributed by atoms with van der Waals surface area (Å²) >= 11 is 0. The van der Waals surface area contributed by atoms with Gasteiger partial charge in [-0.25, -0.2) is 0 Å². The first-order valence-corrected chi connectivity index (χ1v) is 8.59. The molecule has 1 heterocycles. The van der Waals surface area contributed by atoms with Gasteiger partial charge in [0.15, 0.2) is 5.36 Å². The fraction of sp³-hybridized carbons (Fsp3) is 0.0909. The van der Waals surface area contributed by atoms with E-state index in [4.69, 9.17) is 20.3 Å². The monoisotopic (exact) mass is 359 g/mol. The number of ether oxygens (including phenoxy) is 1. The molecule has 4 rings (SSSR count). The number of carbonyl (C=O) groups excluding carboxylic acids is 1. The molecule has 2 aromatic carbocycles. The highest BCUT2D eigenvalue weighted by Crippen LogP contribution is 2.41. The van der Waals surface area contributed by atoms with Crippen LogP contribution >= 0.6 is 0 Å². The summed E-state index contributed by atoms with van der Waals surface area (Å²) in [5.41, 5.74) is 11.1. The number of anilines is 1. The van der Waals surface area contributed by atoms with Crippen LogP contribution in [-0.2, 0) is 16.1 Å². The van der Waals surface area contributed by atoms with Crippen molar-refractivity contribution in [2.45, 2.75) is 13.5 Å². The number of hydrogen-bond donors (Lipinski definition) is 2. The molecule has 0 saturated carbocycles. The molecule has 0 unspecified atom stereocenters. The summed E-state index contributed by atoms with van der Waals surface area (Å²) < 4.78 is 11.3. The topological polar surface area (TPSA) is 91.0 Å². The van der Waals surface area contributed by atoms with E-state index >= 15 is 0 Å². The first kappa shape index (κ1) is 16.8. The Morgan fingerprint density at radius 1 is 1.07 bits per heavy atom. The minimum atomic E-state index is -0.317. The van der Waals surface area contributed by atoms with E-state index in [1.54, 1.807) is 12.1 Å². The van der Waals surface area contributed by atoms with Gasteiger partial charge in [0, 0.05) is 41.3 Å². The van der Waals surface area contributed by atoms with Gasteiger partial charge in [0.1, 0.15) is 18.0 Å². The van der Waals surface area contributed by atoms with Crippen LogP contribution in [0.4, 0.5) is 5.69 Å². The first-order valence-electron chi connectivity index (χ1n) is 8.59. The molecule has 2 aromatic rings. The van der Waals surface area contributed by atoms with Crippen LogP contribution in [-0.4, -0.2) is 5.97 Å². The Kier molecular flexibility index (Phi) is 4.12. The van der Waals surface area contributed by atoms with Gasteiger partial charge >= 0.3 is 5.97 Å². The molecule has 2 aliphatic rings. The van der Waals surface area contributed by atoms with Gasteiger partial charge in [0.25, 0.3) is 0 Å². The molecule has 0 aromatic heterocycles. The fourth-order valence-corrected chi connectivity index (χ4v) is 3.28. The summed E-state index contributed by atoms with van der Waals surface area (Å²) in [6, 6.07) is 19.0. The summed E-state index contributed by atoms with van der Waals surface area (Å²) in [6.07, 6.45) is 0. The third kappa shape index (κ3) is 3.15. The molecule has 0 atom stereocenters. The average molecular weight is 359 g/mol. The van der Waals surface area contributed by atoms with E-state index in [9.17, 15) is 4.79 Å². The molecule has 5 heteroatoms. The van der Waals surface area contributed by atoms with Crippen LogP contribution in [0.1, 0.15) is 12.5 Å². The highest BCUT2D eigenvalue weighted by Gasteiger charge is 2.19. The minimum Gasteiger partial charge on any atom is -0.461 e. The molecule has 1 aliphatic carbocycles. The fourth-order valence-electron chi connectivity index (χ4n) is 3.28. The molecule has 0 saturated heterocycles. The van der Waals surface area contributed by atoms with Gasteiger partial charge in [-0.1, -0.05) is 24.3 Å². The molecule has 27 heavy (non-hydrogen) atoms. The lowest BCUT2D eigenvalue weighted by Gasteiger charge is -2.17. The highest BCUT2D eigenvalue weighted by atomic mass is 16.5. The SMILES string of the molecule is CC(=O)OCc1ccccc1-c1c2ccc(=[NH2+])cc-2oc2cc(N)ccc12. The lowest BCUT2D eigenvalue weighted by molar-refractivity contribution is -0.172.